The molecule has 4 nitrogen and oxygen atoms in total. The van der Waals surface area contributed by atoms with E-state index in [1.54, 1.807) is 6.07 Å². The lowest BCUT2D eigenvalue weighted by atomic mass is 9.87. The molecule has 2 aliphatic rings. The summed E-state index contributed by atoms with van der Waals surface area (Å²) in [6.45, 7) is 3.75. The largest absolute Gasteiger partial charge is 0.338 e. The van der Waals surface area contributed by atoms with Gasteiger partial charge >= 0.3 is 0 Å². The first-order chi connectivity index (χ1) is 14.6. The molecule has 4 rings (SSSR count). The monoisotopic (exact) mass is 443 g/mol. The van der Waals surface area contributed by atoms with Gasteiger partial charge in [-0.15, -0.1) is 0 Å². The van der Waals surface area contributed by atoms with Gasteiger partial charge < -0.3 is 4.90 Å². The number of halogens is 2. The number of hydrogen-bond donors (Lipinski definition) is 0. The maximum Gasteiger partial charge on any atom is 0.270 e. The van der Waals surface area contributed by atoms with Gasteiger partial charge in [-0.1, -0.05) is 73.3 Å². The Labute approximate surface area is 188 Å². The summed E-state index contributed by atoms with van der Waals surface area (Å²) < 4.78 is 0. The Morgan fingerprint density at radius 3 is 2.37 bits per heavy atom. The second-order valence-corrected chi connectivity index (χ2v) is 8.85. The highest BCUT2D eigenvalue weighted by atomic mass is 35.5. The summed E-state index contributed by atoms with van der Waals surface area (Å²) >= 11 is 12.7. The van der Waals surface area contributed by atoms with Gasteiger partial charge in [-0.25, -0.2) is 0 Å². The van der Waals surface area contributed by atoms with E-state index in [4.69, 9.17) is 28.3 Å². The fraction of sp³-hybridized carbons (Fsp3) is 0.417. The number of carbonyl (C=O) groups is 1. The minimum Gasteiger partial charge on any atom is -0.338 e. The molecule has 0 saturated carbocycles. The summed E-state index contributed by atoms with van der Waals surface area (Å²) in [5.41, 5.74) is 2.53. The number of hydrazone groups is 1. The normalized spacial score (nSPS) is 22.0. The SMILES string of the molecule is CCC1C(C(=O)N2CCCCCC2)=NN(c2ccc(Cl)cc2Cl)C1c1ccccc1. The zero-order valence-electron chi connectivity index (χ0n) is 17.2. The Morgan fingerprint density at radius 1 is 1.03 bits per heavy atom. The van der Waals surface area contributed by atoms with Crippen molar-refractivity contribution in [2.75, 3.05) is 18.1 Å². The summed E-state index contributed by atoms with van der Waals surface area (Å²) in [7, 11) is 0. The molecule has 0 bridgehead atoms. The van der Waals surface area contributed by atoms with Crippen LogP contribution < -0.4 is 5.01 Å². The van der Waals surface area contributed by atoms with Crippen LogP contribution >= 0.6 is 23.2 Å². The first kappa shape index (κ1) is 21.2. The number of hydrogen-bond acceptors (Lipinski definition) is 3. The third kappa shape index (κ3) is 4.21. The van der Waals surface area contributed by atoms with Gasteiger partial charge in [0.2, 0.25) is 0 Å². The minimum absolute atomic E-state index is 0.00472. The third-order valence-corrected chi connectivity index (χ3v) is 6.60. The van der Waals surface area contributed by atoms with E-state index in [9.17, 15) is 4.79 Å². The summed E-state index contributed by atoms with van der Waals surface area (Å²) in [6.07, 6.45) is 5.31. The molecule has 1 saturated heterocycles. The molecule has 2 aromatic rings. The quantitative estimate of drug-likeness (QED) is 0.552. The molecule has 158 valence electrons. The number of rotatable bonds is 4. The van der Waals surface area contributed by atoms with E-state index in [-0.39, 0.29) is 17.9 Å². The number of carbonyl (C=O) groups excluding carboxylic acids is 1. The van der Waals surface area contributed by atoms with E-state index in [2.05, 4.69) is 19.1 Å². The van der Waals surface area contributed by atoms with Crippen molar-refractivity contribution in [2.45, 2.75) is 45.1 Å². The third-order valence-electron chi connectivity index (χ3n) is 6.06. The van der Waals surface area contributed by atoms with E-state index in [1.165, 1.54) is 12.8 Å². The molecule has 2 unspecified atom stereocenters. The molecule has 0 spiro atoms. The average molecular weight is 444 g/mol. The van der Waals surface area contributed by atoms with Crippen molar-refractivity contribution in [1.29, 1.82) is 0 Å². The van der Waals surface area contributed by atoms with Gasteiger partial charge in [0.15, 0.2) is 0 Å². The smallest absolute Gasteiger partial charge is 0.270 e. The number of benzene rings is 2. The van der Waals surface area contributed by atoms with Crippen LogP contribution in [0.5, 0.6) is 0 Å². The van der Waals surface area contributed by atoms with Gasteiger partial charge in [-0.05, 0) is 43.0 Å². The van der Waals surface area contributed by atoms with Crippen molar-refractivity contribution in [3.8, 4) is 0 Å². The van der Waals surface area contributed by atoms with Crippen LogP contribution in [0.25, 0.3) is 0 Å². The summed E-state index contributed by atoms with van der Waals surface area (Å²) in [4.78, 5) is 15.5. The number of amides is 1. The Kier molecular flexibility index (Phi) is 6.64. The molecular weight excluding hydrogens is 417 g/mol. The van der Waals surface area contributed by atoms with E-state index in [0.717, 1.165) is 43.6 Å². The second kappa shape index (κ2) is 9.40. The molecule has 2 aromatic carbocycles. The van der Waals surface area contributed by atoms with Crippen LogP contribution in [0.4, 0.5) is 5.69 Å². The zero-order valence-corrected chi connectivity index (χ0v) is 18.7. The average Bonchev–Trinajstić information content (AvgIpc) is 2.92. The van der Waals surface area contributed by atoms with Crippen LogP contribution in [0.1, 0.15) is 50.6 Å². The molecule has 2 heterocycles. The first-order valence-electron chi connectivity index (χ1n) is 10.8. The number of nitrogens with zero attached hydrogens (tertiary/aromatic N) is 3. The minimum atomic E-state index is -0.0826. The predicted octanol–water partition coefficient (Wildman–Crippen LogP) is 6.34. The number of anilines is 1. The summed E-state index contributed by atoms with van der Waals surface area (Å²) in [6, 6.07) is 15.6. The second-order valence-electron chi connectivity index (χ2n) is 8.00. The van der Waals surface area contributed by atoms with Crippen molar-refractivity contribution < 1.29 is 4.79 Å². The van der Waals surface area contributed by atoms with Crippen LogP contribution in [0, 0.1) is 5.92 Å². The molecule has 2 aliphatic heterocycles. The number of likely N-dealkylation sites (tertiary alicyclic amines) is 1. The van der Waals surface area contributed by atoms with Gasteiger partial charge in [0.25, 0.3) is 5.91 Å². The van der Waals surface area contributed by atoms with E-state index < -0.39 is 0 Å². The van der Waals surface area contributed by atoms with Crippen molar-refractivity contribution in [3.05, 3.63) is 64.1 Å². The highest BCUT2D eigenvalue weighted by Gasteiger charge is 2.42. The van der Waals surface area contributed by atoms with Crippen LogP contribution in [0.15, 0.2) is 53.6 Å². The maximum atomic E-state index is 13.5. The van der Waals surface area contributed by atoms with Gasteiger partial charge in [-0.2, -0.15) is 5.10 Å². The van der Waals surface area contributed by atoms with Gasteiger partial charge in [0.1, 0.15) is 5.71 Å². The van der Waals surface area contributed by atoms with Crippen LogP contribution in [-0.4, -0.2) is 29.6 Å². The van der Waals surface area contributed by atoms with Crippen LogP contribution in [-0.2, 0) is 4.79 Å². The highest BCUT2D eigenvalue weighted by Crippen LogP contribution is 2.43. The van der Waals surface area contributed by atoms with Gasteiger partial charge in [0, 0.05) is 24.0 Å². The lowest BCUT2D eigenvalue weighted by molar-refractivity contribution is -0.124. The highest BCUT2D eigenvalue weighted by molar-refractivity contribution is 6.41. The predicted molar refractivity (Wildman–Crippen MR) is 124 cm³/mol. The lowest BCUT2D eigenvalue weighted by Crippen LogP contribution is -2.40. The Balaban J connectivity index is 1.76. The molecule has 6 heteroatoms. The fourth-order valence-electron chi connectivity index (χ4n) is 4.52. The molecule has 30 heavy (non-hydrogen) atoms. The maximum absolute atomic E-state index is 13.5. The first-order valence-corrected chi connectivity index (χ1v) is 11.5. The summed E-state index contributed by atoms with van der Waals surface area (Å²) in [5, 5.41) is 7.93. The molecule has 0 aromatic heterocycles. The van der Waals surface area contributed by atoms with Crippen molar-refractivity contribution in [1.82, 2.24) is 4.90 Å². The van der Waals surface area contributed by atoms with E-state index in [0.29, 0.717) is 15.8 Å². The standard InChI is InChI=1S/C24H27Cl2N3O/c1-2-19-22(24(30)28-14-8-3-4-9-15-28)27-29(21-13-12-18(25)16-20(21)26)23(19)17-10-6-5-7-11-17/h5-7,10-13,16,19,23H,2-4,8-9,14-15H2,1H3. The van der Waals surface area contributed by atoms with Crippen molar-refractivity contribution >= 4 is 40.5 Å². The molecule has 1 fully saturated rings. The van der Waals surface area contributed by atoms with Crippen LogP contribution in [0.3, 0.4) is 0 Å². The topological polar surface area (TPSA) is 35.9 Å². The molecule has 0 N–H and O–H groups in total. The van der Waals surface area contributed by atoms with E-state index >= 15 is 0 Å². The van der Waals surface area contributed by atoms with Crippen molar-refractivity contribution in [2.24, 2.45) is 11.0 Å². The Morgan fingerprint density at radius 2 is 1.73 bits per heavy atom. The Hall–Kier alpha value is -2.04. The van der Waals surface area contributed by atoms with Crippen molar-refractivity contribution in [3.63, 3.8) is 0 Å². The zero-order chi connectivity index (χ0) is 21.1. The van der Waals surface area contributed by atoms with Crippen LogP contribution in [0.2, 0.25) is 10.0 Å². The molecular formula is C24H27Cl2N3O. The molecule has 0 aliphatic carbocycles. The molecule has 2 atom stereocenters. The van der Waals surface area contributed by atoms with Gasteiger partial charge in [0.05, 0.1) is 16.8 Å². The Bertz CT molecular complexity index is 923. The van der Waals surface area contributed by atoms with E-state index in [1.807, 2.05) is 40.2 Å². The molecule has 1 amide bonds. The molecule has 0 radical (unpaired) electrons. The summed E-state index contributed by atoms with van der Waals surface area (Å²) in [5.74, 6) is 0.0622. The van der Waals surface area contributed by atoms with Gasteiger partial charge in [-0.3, -0.25) is 9.80 Å². The lowest BCUT2D eigenvalue weighted by Gasteiger charge is -2.29. The fourth-order valence-corrected chi connectivity index (χ4v) is 5.02.